The van der Waals surface area contributed by atoms with Crippen LogP contribution >= 0.6 is 0 Å². The summed E-state index contributed by atoms with van der Waals surface area (Å²) in [6, 6.07) is 8.17. The molecule has 1 aromatic carbocycles. The number of nitrogens with one attached hydrogen (secondary N) is 1. The second-order valence-corrected chi connectivity index (χ2v) is 8.62. The van der Waals surface area contributed by atoms with Gasteiger partial charge in [0.25, 0.3) is 0 Å². The molecular weight excluding hydrogens is 492 g/mol. The number of methoxy groups -OCH3 is 2. The molecule has 1 aliphatic rings. The Morgan fingerprint density at radius 3 is 2.08 bits per heavy atom. The predicted molar refractivity (Wildman–Crippen MR) is 127 cm³/mol. The highest BCUT2D eigenvalue weighted by Gasteiger charge is 2.40. The van der Waals surface area contributed by atoms with E-state index in [1.54, 1.807) is 14.2 Å². The second-order valence-electron chi connectivity index (χ2n) is 8.62. The monoisotopic (exact) mass is 524 g/mol. The fourth-order valence-corrected chi connectivity index (χ4v) is 3.73. The minimum Gasteiger partial charge on any atom is -0.497 e. The molecule has 0 unspecified atom stereocenters. The van der Waals surface area contributed by atoms with E-state index >= 15 is 0 Å². The van der Waals surface area contributed by atoms with Crippen LogP contribution in [0.1, 0.15) is 29.9 Å². The third-order valence-electron chi connectivity index (χ3n) is 5.60. The fraction of sp³-hybridized carbons (Fsp3) is 0.500. The largest absolute Gasteiger partial charge is 0.497 e. The van der Waals surface area contributed by atoms with E-state index in [-0.39, 0.29) is 6.04 Å². The van der Waals surface area contributed by atoms with Gasteiger partial charge in [0.2, 0.25) is 0 Å². The van der Waals surface area contributed by atoms with Gasteiger partial charge in [-0.25, -0.2) is 4.79 Å². The molecule has 0 amide bonds. The average Bonchev–Trinajstić information content (AvgIpc) is 3.45. The van der Waals surface area contributed by atoms with Crippen molar-refractivity contribution in [1.29, 1.82) is 0 Å². The molecule has 1 aromatic heterocycles. The van der Waals surface area contributed by atoms with Crippen LogP contribution in [0.5, 0.6) is 11.5 Å². The summed E-state index contributed by atoms with van der Waals surface area (Å²) < 4.78 is 21.6. The molecule has 5 N–H and O–H groups in total. The second kappa shape index (κ2) is 13.6. The number of benzene rings is 1. The number of aromatic nitrogens is 1. The van der Waals surface area contributed by atoms with Crippen molar-refractivity contribution in [2.24, 2.45) is 5.92 Å². The maximum absolute atomic E-state index is 10.3. The van der Waals surface area contributed by atoms with Crippen LogP contribution in [0.2, 0.25) is 0 Å². The van der Waals surface area contributed by atoms with E-state index in [9.17, 15) is 14.4 Å². The summed E-state index contributed by atoms with van der Waals surface area (Å²) in [4.78, 5) is 30.5. The van der Waals surface area contributed by atoms with Crippen LogP contribution in [0.4, 0.5) is 0 Å². The van der Waals surface area contributed by atoms with Crippen molar-refractivity contribution < 1.29 is 53.5 Å². The molecule has 0 aliphatic carbocycles. The smallest absolute Gasteiger partial charge is 0.336 e. The number of carboxylic acids is 3. The summed E-state index contributed by atoms with van der Waals surface area (Å²) in [5.41, 5.74) is -0.707. The zero-order valence-corrected chi connectivity index (χ0v) is 20.8. The minimum atomic E-state index is -2.74. The van der Waals surface area contributed by atoms with Crippen molar-refractivity contribution in [1.82, 2.24) is 10.5 Å². The van der Waals surface area contributed by atoms with E-state index in [4.69, 9.17) is 39.2 Å². The van der Waals surface area contributed by atoms with Crippen molar-refractivity contribution in [3.8, 4) is 11.5 Å². The van der Waals surface area contributed by atoms with Gasteiger partial charge in [0, 0.05) is 37.1 Å². The average molecular weight is 525 g/mol. The lowest BCUT2D eigenvalue weighted by Crippen LogP contribution is -2.42. The Morgan fingerprint density at radius 1 is 1.03 bits per heavy atom. The SMILES string of the molecule is COc1cc(CN[C@@H]2COC[C@H]2Cc2cc(C)no2)cc(OC)c1.O=C(O)CC(O)(CC(=O)O)C(=O)O. The molecule has 37 heavy (non-hydrogen) atoms. The highest BCUT2D eigenvalue weighted by molar-refractivity contribution is 5.88. The fourth-order valence-electron chi connectivity index (χ4n) is 3.73. The van der Waals surface area contributed by atoms with E-state index < -0.39 is 36.4 Å². The van der Waals surface area contributed by atoms with E-state index in [1.165, 1.54) is 0 Å². The van der Waals surface area contributed by atoms with Gasteiger partial charge in [-0.1, -0.05) is 5.16 Å². The van der Waals surface area contributed by atoms with Gasteiger partial charge in [-0.2, -0.15) is 0 Å². The molecule has 1 aliphatic heterocycles. The molecule has 13 nitrogen and oxygen atoms in total. The molecular formula is C24H32N2O11. The van der Waals surface area contributed by atoms with Crippen LogP contribution in [0.3, 0.4) is 0 Å². The van der Waals surface area contributed by atoms with Crippen molar-refractivity contribution in [2.75, 3.05) is 27.4 Å². The molecule has 0 bridgehead atoms. The normalized spacial score (nSPS) is 17.0. The maximum Gasteiger partial charge on any atom is 0.336 e. The van der Waals surface area contributed by atoms with Crippen LogP contribution in [-0.4, -0.2) is 82.6 Å². The first-order chi connectivity index (χ1) is 17.4. The lowest BCUT2D eigenvalue weighted by Gasteiger charge is -2.18. The standard InChI is InChI=1S/C18H24N2O4.C6H8O7/c1-12-4-17(24-20-12)7-14-10-23-11-18(14)19-9-13-5-15(21-2)8-16(6-13)22-3;7-3(8)1-6(13,5(11)12)2-4(9)10/h4-6,8,14,18-19H,7,9-11H2,1-3H3;13H,1-2H2,(H,7,8)(H,9,10)(H,11,12)/t14-,18-;/m1./s1. The molecule has 13 heteroatoms. The number of hydrogen-bond acceptors (Lipinski definition) is 10. The first kappa shape index (κ1) is 29.5. The molecule has 2 atom stereocenters. The number of aliphatic carboxylic acids is 3. The predicted octanol–water partition coefficient (Wildman–Crippen LogP) is 1.10. The molecule has 1 saturated heterocycles. The number of carboxylic acid groups (broad SMARTS) is 3. The highest BCUT2D eigenvalue weighted by Crippen LogP contribution is 2.24. The van der Waals surface area contributed by atoms with E-state index in [2.05, 4.69) is 10.5 Å². The van der Waals surface area contributed by atoms with Gasteiger partial charge in [-0.3, -0.25) is 9.59 Å². The lowest BCUT2D eigenvalue weighted by molar-refractivity contribution is -0.170. The topological polar surface area (TPSA) is 198 Å². The Balaban J connectivity index is 0.000000317. The van der Waals surface area contributed by atoms with E-state index in [1.807, 2.05) is 31.2 Å². The summed E-state index contributed by atoms with van der Waals surface area (Å²) in [6.07, 6.45) is -1.46. The molecule has 0 saturated carbocycles. The van der Waals surface area contributed by atoms with Gasteiger partial charge < -0.3 is 44.5 Å². The van der Waals surface area contributed by atoms with Gasteiger partial charge >= 0.3 is 17.9 Å². The van der Waals surface area contributed by atoms with E-state index in [0.29, 0.717) is 12.5 Å². The summed E-state index contributed by atoms with van der Waals surface area (Å²) >= 11 is 0. The number of ether oxygens (including phenoxy) is 3. The number of carbonyl (C=O) groups is 3. The number of nitrogens with zero attached hydrogens (tertiary/aromatic N) is 1. The first-order valence-electron chi connectivity index (χ1n) is 11.3. The molecule has 0 spiro atoms. The van der Waals surface area contributed by atoms with Crippen molar-refractivity contribution in [3.63, 3.8) is 0 Å². The quantitative estimate of drug-likeness (QED) is 0.265. The van der Waals surface area contributed by atoms with Gasteiger partial charge in [0.05, 0.1) is 46.0 Å². The number of aliphatic hydroxyl groups is 1. The third kappa shape index (κ3) is 9.37. The van der Waals surface area contributed by atoms with Crippen LogP contribution in [0.25, 0.3) is 0 Å². The molecule has 2 heterocycles. The van der Waals surface area contributed by atoms with Crippen LogP contribution < -0.4 is 14.8 Å². The summed E-state index contributed by atoms with van der Waals surface area (Å²) in [5.74, 6) is -2.14. The zero-order chi connectivity index (χ0) is 27.6. The maximum atomic E-state index is 10.3. The molecule has 204 valence electrons. The third-order valence-corrected chi connectivity index (χ3v) is 5.60. The minimum absolute atomic E-state index is 0.285. The van der Waals surface area contributed by atoms with Gasteiger partial charge in [-0.15, -0.1) is 0 Å². The van der Waals surface area contributed by atoms with Gasteiger partial charge in [0.1, 0.15) is 17.3 Å². The zero-order valence-electron chi connectivity index (χ0n) is 20.8. The van der Waals surface area contributed by atoms with Crippen molar-refractivity contribution >= 4 is 17.9 Å². The van der Waals surface area contributed by atoms with Gasteiger partial charge in [0.15, 0.2) is 5.60 Å². The molecule has 2 aromatic rings. The Labute approximate surface area is 212 Å². The van der Waals surface area contributed by atoms with Crippen molar-refractivity contribution in [2.45, 2.75) is 44.4 Å². The number of aryl methyl sites for hydroxylation is 1. The Bertz CT molecular complexity index is 1030. The summed E-state index contributed by atoms with van der Waals surface area (Å²) in [5, 5.41) is 41.3. The van der Waals surface area contributed by atoms with E-state index in [0.717, 1.165) is 48.1 Å². The molecule has 3 rings (SSSR count). The number of hydrogen-bond donors (Lipinski definition) is 5. The van der Waals surface area contributed by atoms with Crippen molar-refractivity contribution in [3.05, 3.63) is 41.3 Å². The Hall–Kier alpha value is -3.68. The first-order valence-corrected chi connectivity index (χ1v) is 11.3. The molecule has 0 radical (unpaired) electrons. The Kier molecular flexibility index (Phi) is 10.8. The Morgan fingerprint density at radius 2 is 1.62 bits per heavy atom. The van der Waals surface area contributed by atoms with Crippen LogP contribution in [0.15, 0.2) is 28.8 Å². The van der Waals surface area contributed by atoms with Crippen LogP contribution in [-0.2, 0) is 32.1 Å². The van der Waals surface area contributed by atoms with Crippen LogP contribution in [0, 0.1) is 12.8 Å². The highest BCUT2D eigenvalue weighted by atomic mass is 16.5. The summed E-state index contributed by atoms with van der Waals surface area (Å²) in [6.45, 7) is 4.11. The van der Waals surface area contributed by atoms with Gasteiger partial charge in [-0.05, 0) is 24.6 Å². The summed E-state index contributed by atoms with van der Waals surface area (Å²) in [7, 11) is 3.32. The molecule has 1 fully saturated rings. The number of rotatable bonds is 12. The lowest BCUT2D eigenvalue weighted by atomic mass is 9.96.